The number of aryl methyl sites for hydroxylation is 2. The molecule has 1 heterocycles. The maximum Gasteiger partial charge on any atom is 0.227 e. The van der Waals surface area contributed by atoms with Crippen LogP contribution in [-0.2, 0) is 11.8 Å². The van der Waals surface area contributed by atoms with Crippen LogP contribution in [0.3, 0.4) is 0 Å². The van der Waals surface area contributed by atoms with E-state index in [1.807, 2.05) is 33.0 Å². The lowest BCUT2D eigenvalue weighted by Gasteiger charge is -2.09. The summed E-state index contributed by atoms with van der Waals surface area (Å²) in [5, 5.41) is 7.12. The van der Waals surface area contributed by atoms with Gasteiger partial charge in [0.1, 0.15) is 5.75 Å². The second-order valence-electron chi connectivity index (χ2n) is 4.85. The van der Waals surface area contributed by atoms with Gasteiger partial charge in [0.2, 0.25) is 5.91 Å². The summed E-state index contributed by atoms with van der Waals surface area (Å²) in [5.41, 5.74) is 8.83. The number of nitrogen functional groups attached to an aromatic ring is 1. The van der Waals surface area contributed by atoms with Gasteiger partial charge in [-0.3, -0.25) is 9.48 Å². The summed E-state index contributed by atoms with van der Waals surface area (Å²) in [6.07, 6.45) is 0.252. The van der Waals surface area contributed by atoms with E-state index in [2.05, 4.69) is 10.4 Å². The van der Waals surface area contributed by atoms with Crippen molar-refractivity contribution < 1.29 is 9.53 Å². The summed E-state index contributed by atoms with van der Waals surface area (Å²) in [5.74, 6) is 0.489. The van der Waals surface area contributed by atoms with Crippen LogP contribution >= 0.6 is 0 Å². The normalized spacial score (nSPS) is 10.4. The van der Waals surface area contributed by atoms with Gasteiger partial charge in [-0.05, 0) is 26.0 Å². The Balaban J connectivity index is 1.87. The molecule has 3 N–H and O–H groups in total. The smallest absolute Gasteiger partial charge is 0.227 e. The molecule has 112 valence electrons. The lowest BCUT2D eigenvalue weighted by atomic mass is 10.3. The molecule has 0 spiro atoms. The lowest BCUT2D eigenvalue weighted by molar-refractivity contribution is -0.116. The van der Waals surface area contributed by atoms with Crippen molar-refractivity contribution in [2.24, 2.45) is 7.05 Å². The third-order valence-electron chi connectivity index (χ3n) is 3.28. The predicted octanol–water partition coefficient (Wildman–Crippen LogP) is 2.03. The minimum Gasteiger partial charge on any atom is -0.491 e. The Morgan fingerprint density at radius 3 is 2.71 bits per heavy atom. The number of para-hydroxylation sites is 2. The Morgan fingerprint density at radius 2 is 2.10 bits per heavy atom. The van der Waals surface area contributed by atoms with Gasteiger partial charge in [-0.15, -0.1) is 0 Å². The van der Waals surface area contributed by atoms with Gasteiger partial charge in [0, 0.05) is 7.05 Å². The molecule has 0 aliphatic carbocycles. The fourth-order valence-electron chi connectivity index (χ4n) is 2.02. The van der Waals surface area contributed by atoms with Crippen LogP contribution in [0.1, 0.15) is 17.8 Å². The quantitative estimate of drug-likeness (QED) is 0.825. The minimum atomic E-state index is -0.108. The standard InChI is InChI=1S/C15H20N4O2/c1-10-15(11(2)19(3)18-10)17-14(20)8-9-21-13-7-5-4-6-12(13)16/h4-7H,8-9,16H2,1-3H3,(H,17,20). The van der Waals surface area contributed by atoms with Gasteiger partial charge < -0.3 is 15.8 Å². The highest BCUT2D eigenvalue weighted by atomic mass is 16.5. The third-order valence-corrected chi connectivity index (χ3v) is 3.28. The fraction of sp³-hybridized carbons (Fsp3) is 0.333. The number of rotatable bonds is 5. The van der Waals surface area contributed by atoms with E-state index in [9.17, 15) is 4.79 Å². The van der Waals surface area contributed by atoms with Crippen molar-refractivity contribution in [3.63, 3.8) is 0 Å². The summed E-state index contributed by atoms with van der Waals surface area (Å²) in [6, 6.07) is 7.22. The molecule has 0 bridgehead atoms. The number of benzene rings is 1. The first-order valence-electron chi connectivity index (χ1n) is 6.76. The van der Waals surface area contributed by atoms with Crippen LogP contribution in [0.15, 0.2) is 24.3 Å². The van der Waals surface area contributed by atoms with Crippen molar-refractivity contribution in [2.75, 3.05) is 17.7 Å². The van der Waals surface area contributed by atoms with Crippen LogP contribution in [0.2, 0.25) is 0 Å². The van der Waals surface area contributed by atoms with E-state index >= 15 is 0 Å². The van der Waals surface area contributed by atoms with Crippen LogP contribution in [-0.4, -0.2) is 22.3 Å². The summed E-state index contributed by atoms with van der Waals surface area (Å²) >= 11 is 0. The molecule has 6 nitrogen and oxygen atoms in total. The van der Waals surface area contributed by atoms with Gasteiger partial charge >= 0.3 is 0 Å². The topological polar surface area (TPSA) is 82.2 Å². The highest BCUT2D eigenvalue weighted by molar-refractivity contribution is 5.91. The van der Waals surface area contributed by atoms with Crippen LogP contribution in [0.25, 0.3) is 0 Å². The summed E-state index contributed by atoms with van der Waals surface area (Å²) in [7, 11) is 1.85. The Labute approximate surface area is 123 Å². The molecular weight excluding hydrogens is 268 g/mol. The monoisotopic (exact) mass is 288 g/mol. The Kier molecular flexibility index (Phi) is 4.47. The molecule has 1 amide bonds. The highest BCUT2D eigenvalue weighted by Crippen LogP contribution is 2.20. The Bertz CT molecular complexity index is 649. The zero-order chi connectivity index (χ0) is 15.4. The van der Waals surface area contributed by atoms with Gasteiger partial charge in [-0.25, -0.2) is 0 Å². The summed E-state index contributed by atoms with van der Waals surface area (Å²) in [4.78, 5) is 11.9. The zero-order valence-electron chi connectivity index (χ0n) is 12.5. The van der Waals surface area contributed by atoms with Crippen molar-refractivity contribution in [2.45, 2.75) is 20.3 Å². The molecule has 0 saturated carbocycles. The van der Waals surface area contributed by atoms with Crippen molar-refractivity contribution in [3.05, 3.63) is 35.7 Å². The number of nitrogens with two attached hydrogens (primary N) is 1. The number of amides is 1. The van der Waals surface area contributed by atoms with Gasteiger partial charge in [0.05, 0.1) is 35.8 Å². The number of hydrogen-bond acceptors (Lipinski definition) is 4. The van der Waals surface area contributed by atoms with Crippen LogP contribution in [0.5, 0.6) is 5.75 Å². The molecule has 21 heavy (non-hydrogen) atoms. The van der Waals surface area contributed by atoms with Crippen LogP contribution < -0.4 is 15.8 Å². The van der Waals surface area contributed by atoms with Gasteiger partial charge in [0.25, 0.3) is 0 Å². The number of carbonyl (C=O) groups excluding carboxylic acids is 1. The number of nitrogens with zero attached hydrogens (tertiary/aromatic N) is 2. The average Bonchev–Trinajstić information content (AvgIpc) is 2.68. The molecule has 1 aromatic carbocycles. The van der Waals surface area contributed by atoms with Crippen molar-refractivity contribution in [3.8, 4) is 5.75 Å². The first-order valence-corrected chi connectivity index (χ1v) is 6.76. The molecular formula is C15H20N4O2. The first kappa shape index (κ1) is 14.9. The molecule has 0 atom stereocenters. The number of anilines is 2. The second kappa shape index (κ2) is 6.30. The zero-order valence-corrected chi connectivity index (χ0v) is 12.5. The van der Waals surface area contributed by atoms with Crippen molar-refractivity contribution in [1.29, 1.82) is 0 Å². The van der Waals surface area contributed by atoms with Gasteiger partial charge in [-0.2, -0.15) is 5.10 Å². The van der Waals surface area contributed by atoms with E-state index in [1.54, 1.807) is 16.8 Å². The molecule has 2 aromatic rings. The molecule has 0 aliphatic rings. The summed E-state index contributed by atoms with van der Waals surface area (Å²) in [6.45, 7) is 4.05. The van der Waals surface area contributed by atoms with Gasteiger partial charge in [-0.1, -0.05) is 12.1 Å². The van der Waals surface area contributed by atoms with Crippen molar-refractivity contribution >= 4 is 17.3 Å². The second-order valence-corrected chi connectivity index (χ2v) is 4.85. The molecule has 0 aliphatic heterocycles. The van der Waals surface area contributed by atoms with E-state index in [4.69, 9.17) is 10.5 Å². The minimum absolute atomic E-state index is 0.108. The third kappa shape index (κ3) is 3.53. The molecule has 0 fully saturated rings. The first-order chi connectivity index (χ1) is 9.99. The largest absolute Gasteiger partial charge is 0.491 e. The SMILES string of the molecule is Cc1nn(C)c(C)c1NC(=O)CCOc1ccccc1N. The van der Waals surface area contributed by atoms with Gasteiger partial charge in [0.15, 0.2) is 0 Å². The molecule has 0 saturated heterocycles. The fourth-order valence-corrected chi connectivity index (χ4v) is 2.02. The van der Waals surface area contributed by atoms with E-state index in [0.717, 1.165) is 17.1 Å². The number of carbonyl (C=O) groups is 1. The Morgan fingerprint density at radius 1 is 1.38 bits per heavy atom. The number of ether oxygens (including phenoxy) is 1. The van der Waals surface area contributed by atoms with E-state index in [1.165, 1.54) is 0 Å². The highest BCUT2D eigenvalue weighted by Gasteiger charge is 2.12. The Hall–Kier alpha value is -2.50. The number of hydrogen-bond donors (Lipinski definition) is 2. The van der Waals surface area contributed by atoms with Crippen LogP contribution in [0, 0.1) is 13.8 Å². The summed E-state index contributed by atoms with van der Waals surface area (Å²) < 4.78 is 7.25. The molecule has 2 rings (SSSR count). The van der Waals surface area contributed by atoms with E-state index in [-0.39, 0.29) is 18.9 Å². The average molecular weight is 288 g/mol. The van der Waals surface area contributed by atoms with Crippen molar-refractivity contribution in [1.82, 2.24) is 9.78 Å². The number of nitrogens with one attached hydrogen (secondary N) is 1. The predicted molar refractivity (Wildman–Crippen MR) is 82.3 cm³/mol. The molecule has 6 heteroatoms. The van der Waals surface area contributed by atoms with E-state index < -0.39 is 0 Å². The maximum atomic E-state index is 11.9. The lowest BCUT2D eigenvalue weighted by Crippen LogP contribution is -2.16. The maximum absolute atomic E-state index is 11.9. The van der Waals surface area contributed by atoms with Crippen LogP contribution in [0.4, 0.5) is 11.4 Å². The molecule has 0 unspecified atom stereocenters. The number of aromatic nitrogens is 2. The molecule has 1 aromatic heterocycles. The molecule has 0 radical (unpaired) electrons. The van der Waals surface area contributed by atoms with E-state index in [0.29, 0.717) is 11.4 Å².